The van der Waals surface area contributed by atoms with Crippen molar-refractivity contribution < 1.29 is 42.9 Å². The molecule has 8 atom stereocenters. The highest BCUT2D eigenvalue weighted by Crippen LogP contribution is 2.67. The van der Waals surface area contributed by atoms with E-state index in [2.05, 4.69) is 4.98 Å². The lowest BCUT2D eigenvalue weighted by Gasteiger charge is -2.66. The molecule has 11 nitrogen and oxygen atoms in total. The number of carbonyl (C=O) groups excluding carboxylic acids is 3. The van der Waals surface area contributed by atoms with Gasteiger partial charge in [-0.2, -0.15) is 0 Å². The number of esters is 3. The van der Waals surface area contributed by atoms with Crippen molar-refractivity contribution in [2.45, 2.75) is 97.6 Å². The summed E-state index contributed by atoms with van der Waals surface area (Å²) in [5.41, 5.74) is -3.09. The first kappa shape index (κ1) is 31.7. The Morgan fingerprint density at radius 3 is 2.45 bits per heavy atom. The molecule has 11 heteroatoms. The second-order valence-electron chi connectivity index (χ2n) is 12.9. The summed E-state index contributed by atoms with van der Waals surface area (Å²) in [5.74, 6) is -2.06. The summed E-state index contributed by atoms with van der Waals surface area (Å²) in [6.45, 7) is 10.4. The molecule has 1 unspecified atom stereocenters. The fourth-order valence-electron chi connectivity index (χ4n) is 8.16. The zero-order valence-electron chi connectivity index (χ0n) is 26.1. The van der Waals surface area contributed by atoms with Gasteiger partial charge in [-0.15, -0.1) is 0 Å². The van der Waals surface area contributed by atoms with Crippen LogP contribution in [0.25, 0.3) is 11.3 Å². The van der Waals surface area contributed by atoms with Crippen molar-refractivity contribution >= 4 is 17.9 Å². The molecule has 2 fully saturated rings. The van der Waals surface area contributed by atoms with Crippen LogP contribution in [0.3, 0.4) is 0 Å². The number of hydrogen-bond acceptors (Lipinski definition) is 11. The Hall–Kier alpha value is -3.73. The summed E-state index contributed by atoms with van der Waals surface area (Å²) in [7, 11) is 0. The van der Waals surface area contributed by atoms with E-state index in [0.717, 1.165) is 0 Å². The maximum Gasteiger partial charge on any atom is 0.345 e. The molecular weight excluding hydrogens is 570 g/mol. The molecule has 2 saturated carbocycles. The minimum atomic E-state index is -1.34. The molecule has 2 aromatic heterocycles. The quantitative estimate of drug-likeness (QED) is 0.347. The SMILES string of the molecule is CCC(=O)OCC1(C)[C@@H](OC(=O)CC)CC[C@]2(C)[C@H]3[C@@H](O)c4c(cc(-c5cccnc5)oc4=O)O[C@]3(C)[C@@H](OC(C)=O)C[C@@H]12. The molecule has 0 bridgehead atoms. The smallest absolute Gasteiger partial charge is 0.345 e. The third-order valence-corrected chi connectivity index (χ3v) is 10.2. The van der Waals surface area contributed by atoms with Crippen LogP contribution >= 0.6 is 0 Å². The van der Waals surface area contributed by atoms with Gasteiger partial charge in [0.2, 0.25) is 0 Å². The molecule has 0 aromatic carbocycles. The lowest BCUT2D eigenvalue weighted by Crippen LogP contribution is -2.71. The van der Waals surface area contributed by atoms with Crippen molar-refractivity contribution in [1.82, 2.24) is 4.98 Å². The Kier molecular flexibility index (Phi) is 8.39. The number of ether oxygens (including phenoxy) is 4. The predicted molar refractivity (Wildman–Crippen MR) is 156 cm³/mol. The third-order valence-electron chi connectivity index (χ3n) is 10.2. The maximum atomic E-state index is 13.5. The molecule has 238 valence electrons. The summed E-state index contributed by atoms with van der Waals surface area (Å²) < 4.78 is 29.9. The van der Waals surface area contributed by atoms with E-state index in [9.17, 15) is 24.3 Å². The Morgan fingerprint density at radius 1 is 1.09 bits per heavy atom. The molecule has 5 rings (SSSR count). The number of pyridine rings is 1. The molecule has 44 heavy (non-hydrogen) atoms. The normalized spacial score (nSPS) is 33.9. The van der Waals surface area contributed by atoms with Crippen LogP contribution in [0.5, 0.6) is 5.75 Å². The van der Waals surface area contributed by atoms with Crippen molar-refractivity contribution in [2.24, 2.45) is 22.7 Å². The molecule has 0 spiro atoms. The zero-order valence-corrected chi connectivity index (χ0v) is 26.1. The minimum Gasteiger partial charge on any atom is -0.482 e. The molecule has 3 heterocycles. The van der Waals surface area contributed by atoms with Gasteiger partial charge in [-0.1, -0.05) is 27.7 Å². The molecule has 0 amide bonds. The first-order chi connectivity index (χ1) is 20.8. The lowest BCUT2D eigenvalue weighted by atomic mass is 9.42. The number of carbonyl (C=O) groups is 3. The Bertz CT molecular complexity index is 1490. The van der Waals surface area contributed by atoms with Crippen molar-refractivity contribution in [3.8, 4) is 17.1 Å². The summed E-state index contributed by atoms with van der Waals surface area (Å²) in [6, 6.07) is 5.02. The molecule has 0 radical (unpaired) electrons. The van der Waals surface area contributed by atoms with E-state index in [1.807, 2.05) is 13.8 Å². The highest BCUT2D eigenvalue weighted by molar-refractivity contribution is 5.70. The molecule has 1 aliphatic heterocycles. The average molecular weight is 612 g/mol. The molecule has 2 aliphatic carbocycles. The summed E-state index contributed by atoms with van der Waals surface area (Å²) in [5, 5.41) is 12.1. The van der Waals surface area contributed by atoms with Crippen LogP contribution in [0.15, 0.2) is 39.8 Å². The van der Waals surface area contributed by atoms with Crippen molar-refractivity contribution in [1.29, 1.82) is 0 Å². The van der Waals surface area contributed by atoms with Crippen LogP contribution in [-0.4, -0.2) is 52.4 Å². The van der Waals surface area contributed by atoms with E-state index >= 15 is 0 Å². The van der Waals surface area contributed by atoms with Gasteiger partial charge >= 0.3 is 23.5 Å². The van der Waals surface area contributed by atoms with Crippen molar-refractivity contribution in [3.05, 3.63) is 46.6 Å². The Labute approximate surface area is 256 Å². The van der Waals surface area contributed by atoms with E-state index < -0.39 is 58.2 Å². The highest BCUT2D eigenvalue weighted by atomic mass is 16.6. The van der Waals surface area contributed by atoms with Crippen molar-refractivity contribution in [3.63, 3.8) is 0 Å². The van der Waals surface area contributed by atoms with Crippen LogP contribution in [0.4, 0.5) is 0 Å². The van der Waals surface area contributed by atoms with E-state index in [1.165, 1.54) is 6.92 Å². The van der Waals surface area contributed by atoms with Gasteiger partial charge < -0.3 is 28.5 Å². The van der Waals surface area contributed by atoms with Gasteiger partial charge in [0.1, 0.15) is 41.5 Å². The number of aromatic nitrogens is 1. The minimum absolute atomic E-state index is 0.0118. The lowest BCUT2D eigenvalue weighted by molar-refractivity contribution is -0.271. The average Bonchev–Trinajstić information content (AvgIpc) is 2.98. The van der Waals surface area contributed by atoms with E-state index in [1.54, 1.807) is 51.4 Å². The predicted octanol–water partition coefficient (Wildman–Crippen LogP) is 4.54. The van der Waals surface area contributed by atoms with Crippen molar-refractivity contribution in [2.75, 3.05) is 6.61 Å². The van der Waals surface area contributed by atoms with Crippen LogP contribution in [-0.2, 0) is 28.6 Å². The molecule has 1 N–H and O–H groups in total. The number of aliphatic hydroxyl groups excluding tert-OH is 1. The fraction of sp³-hybridized carbons (Fsp3) is 0.606. The Morgan fingerprint density at radius 2 is 1.82 bits per heavy atom. The molecule has 2 aromatic rings. The van der Waals surface area contributed by atoms with Gasteiger partial charge in [0.25, 0.3) is 0 Å². The standard InChI is InChI=1S/C33H41NO10/c1-7-25(36)40-17-32(5)22-15-24(41-18(3)35)33(6)29(31(22,4)12-11-23(32)43-26(37)8-2)28(38)27-21(44-33)14-20(42-30(27)39)19-10-9-13-34-16-19/h9-10,13-14,16,22-24,28-29,38H,7-8,11-12,15,17H2,1-6H3/t22-,23+,24+,28+,29-,31+,32?,33-/m1/s1. The molecule has 0 saturated heterocycles. The van der Waals surface area contributed by atoms with Crippen LogP contribution < -0.4 is 10.4 Å². The second-order valence-corrected chi connectivity index (χ2v) is 12.9. The van der Waals surface area contributed by atoms with Gasteiger partial charge in [0.15, 0.2) is 0 Å². The van der Waals surface area contributed by atoms with Crippen LogP contribution in [0.2, 0.25) is 0 Å². The number of rotatable bonds is 7. The van der Waals surface area contributed by atoms with E-state index in [0.29, 0.717) is 18.4 Å². The molecular formula is C33H41NO10. The summed E-state index contributed by atoms with van der Waals surface area (Å²) in [4.78, 5) is 55.0. The summed E-state index contributed by atoms with van der Waals surface area (Å²) >= 11 is 0. The van der Waals surface area contributed by atoms with Gasteiger partial charge in [-0.3, -0.25) is 19.4 Å². The number of hydrogen-bond donors (Lipinski definition) is 1. The monoisotopic (exact) mass is 611 g/mol. The third kappa shape index (κ3) is 5.18. The number of fused-ring (bicyclic) bond motifs is 4. The zero-order chi connectivity index (χ0) is 32.0. The number of aliphatic hydroxyl groups is 1. The largest absolute Gasteiger partial charge is 0.482 e. The molecule has 3 aliphatic rings. The maximum absolute atomic E-state index is 13.5. The van der Waals surface area contributed by atoms with Gasteiger partial charge in [-0.25, -0.2) is 4.79 Å². The van der Waals surface area contributed by atoms with Crippen LogP contribution in [0, 0.1) is 22.7 Å². The van der Waals surface area contributed by atoms with E-state index in [4.69, 9.17) is 23.4 Å². The number of nitrogens with zero attached hydrogens (tertiary/aromatic N) is 1. The first-order valence-electron chi connectivity index (χ1n) is 15.3. The van der Waals surface area contributed by atoms with Gasteiger partial charge in [-0.05, 0) is 49.7 Å². The topological polar surface area (TPSA) is 151 Å². The first-order valence-corrected chi connectivity index (χ1v) is 15.3. The van der Waals surface area contributed by atoms with Gasteiger partial charge in [0.05, 0.1) is 6.10 Å². The van der Waals surface area contributed by atoms with Crippen LogP contribution in [0.1, 0.15) is 85.3 Å². The van der Waals surface area contributed by atoms with Gasteiger partial charge in [0, 0.05) is 55.1 Å². The Balaban J connectivity index is 1.65. The summed E-state index contributed by atoms with van der Waals surface area (Å²) in [6.07, 6.45) is 1.92. The highest BCUT2D eigenvalue weighted by Gasteiger charge is 2.70. The fourth-order valence-corrected chi connectivity index (χ4v) is 8.16. The van der Waals surface area contributed by atoms with E-state index in [-0.39, 0.29) is 54.8 Å². The second kappa shape index (κ2) is 11.6.